The maximum Gasteiger partial charge on any atom is 0.232 e. The standard InChI is InChI=1S/C23H33NO2/c1-6-11-18(8-3)19(12-7-2)15-16-20-13-9-10-14-21(20)24-22(26)23(4,5)17-25/h6,8-11,13-14,19,25H,1,3,7,12,15-17H2,2,4-5H3,(H,24,26)/b18-11+/t19-/m1/s1. The van der Waals surface area contributed by atoms with Crippen molar-refractivity contribution in [3.63, 3.8) is 0 Å². The van der Waals surface area contributed by atoms with Crippen molar-refractivity contribution < 1.29 is 9.90 Å². The van der Waals surface area contributed by atoms with Crippen LogP contribution in [-0.4, -0.2) is 17.6 Å². The van der Waals surface area contributed by atoms with E-state index in [2.05, 4.69) is 31.5 Å². The molecule has 0 spiro atoms. The summed E-state index contributed by atoms with van der Waals surface area (Å²) >= 11 is 0. The predicted octanol–water partition coefficient (Wildman–Crippen LogP) is 5.29. The predicted molar refractivity (Wildman–Crippen MR) is 111 cm³/mol. The number of amides is 1. The highest BCUT2D eigenvalue weighted by atomic mass is 16.3. The first-order valence-electron chi connectivity index (χ1n) is 9.34. The van der Waals surface area contributed by atoms with Crippen molar-refractivity contribution in [1.29, 1.82) is 0 Å². The van der Waals surface area contributed by atoms with Gasteiger partial charge in [0, 0.05) is 5.69 Å². The molecule has 0 saturated carbocycles. The Bertz CT molecular complexity index is 643. The van der Waals surface area contributed by atoms with Crippen molar-refractivity contribution in [2.45, 2.75) is 46.5 Å². The molecule has 0 unspecified atom stereocenters. The van der Waals surface area contributed by atoms with Gasteiger partial charge in [-0.25, -0.2) is 0 Å². The lowest BCUT2D eigenvalue weighted by Crippen LogP contribution is -2.34. The van der Waals surface area contributed by atoms with E-state index in [-0.39, 0.29) is 12.5 Å². The first-order valence-corrected chi connectivity index (χ1v) is 9.34. The van der Waals surface area contributed by atoms with E-state index in [0.717, 1.165) is 36.9 Å². The van der Waals surface area contributed by atoms with Crippen LogP contribution in [0.4, 0.5) is 5.69 Å². The van der Waals surface area contributed by atoms with Crippen LogP contribution in [0.15, 0.2) is 61.2 Å². The molecular formula is C23H33NO2. The molecule has 0 bridgehead atoms. The molecule has 1 rings (SSSR count). The number of hydrogen-bond acceptors (Lipinski definition) is 2. The van der Waals surface area contributed by atoms with Crippen molar-refractivity contribution in [1.82, 2.24) is 0 Å². The number of aliphatic hydroxyl groups is 1. The van der Waals surface area contributed by atoms with Crippen molar-refractivity contribution in [3.8, 4) is 0 Å². The van der Waals surface area contributed by atoms with Crippen LogP contribution < -0.4 is 5.32 Å². The van der Waals surface area contributed by atoms with Crippen LogP contribution in [0.25, 0.3) is 0 Å². The molecule has 142 valence electrons. The van der Waals surface area contributed by atoms with Gasteiger partial charge in [0.1, 0.15) is 0 Å². The Labute approximate surface area is 158 Å². The Morgan fingerprint density at radius 2 is 1.96 bits per heavy atom. The lowest BCUT2D eigenvalue weighted by Gasteiger charge is -2.22. The smallest absolute Gasteiger partial charge is 0.232 e. The minimum Gasteiger partial charge on any atom is -0.395 e. The fourth-order valence-corrected chi connectivity index (χ4v) is 2.89. The van der Waals surface area contributed by atoms with Gasteiger partial charge in [-0.15, -0.1) is 0 Å². The van der Waals surface area contributed by atoms with E-state index >= 15 is 0 Å². The number of anilines is 1. The number of aliphatic hydroxyl groups excluding tert-OH is 1. The largest absolute Gasteiger partial charge is 0.395 e. The first-order chi connectivity index (χ1) is 12.4. The zero-order valence-corrected chi connectivity index (χ0v) is 16.4. The molecule has 0 fully saturated rings. The SMILES string of the molecule is C=C/C=C(\C=C)[C@H](CCC)CCc1ccccc1NC(=O)C(C)(C)CO. The molecule has 0 radical (unpaired) electrons. The monoisotopic (exact) mass is 355 g/mol. The molecule has 0 aliphatic carbocycles. The second kappa shape index (κ2) is 10.8. The molecular weight excluding hydrogens is 322 g/mol. The molecule has 1 atom stereocenters. The number of carbonyl (C=O) groups excluding carboxylic acids is 1. The number of rotatable bonds is 11. The van der Waals surface area contributed by atoms with Crippen molar-refractivity contribution in [2.75, 3.05) is 11.9 Å². The second-order valence-electron chi connectivity index (χ2n) is 7.28. The van der Waals surface area contributed by atoms with Crippen LogP contribution in [0.5, 0.6) is 0 Å². The third-order valence-electron chi connectivity index (χ3n) is 4.69. The Morgan fingerprint density at radius 1 is 1.27 bits per heavy atom. The summed E-state index contributed by atoms with van der Waals surface area (Å²) < 4.78 is 0. The fourth-order valence-electron chi connectivity index (χ4n) is 2.89. The summed E-state index contributed by atoms with van der Waals surface area (Å²) in [5.41, 5.74) is 2.34. The van der Waals surface area contributed by atoms with Gasteiger partial charge in [-0.3, -0.25) is 4.79 Å². The van der Waals surface area contributed by atoms with Gasteiger partial charge in [0.15, 0.2) is 0 Å². The summed E-state index contributed by atoms with van der Waals surface area (Å²) in [7, 11) is 0. The number of allylic oxidation sites excluding steroid dienone is 4. The zero-order valence-electron chi connectivity index (χ0n) is 16.4. The highest BCUT2D eigenvalue weighted by Crippen LogP contribution is 2.27. The van der Waals surface area contributed by atoms with Crippen LogP contribution in [0.2, 0.25) is 0 Å². The Hall–Kier alpha value is -2.13. The number of benzene rings is 1. The van der Waals surface area contributed by atoms with Crippen LogP contribution in [0.1, 0.15) is 45.6 Å². The number of nitrogens with one attached hydrogen (secondary N) is 1. The van der Waals surface area contributed by atoms with Crippen LogP contribution in [0, 0.1) is 11.3 Å². The van der Waals surface area contributed by atoms with Gasteiger partial charge in [-0.1, -0.05) is 62.9 Å². The van der Waals surface area contributed by atoms with E-state index in [1.54, 1.807) is 13.8 Å². The summed E-state index contributed by atoms with van der Waals surface area (Å²) in [5, 5.41) is 12.4. The first kappa shape index (κ1) is 21.9. The molecule has 3 heteroatoms. The van der Waals surface area contributed by atoms with Gasteiger partial charge in [0.05, 0.1) is 12.0 Å². The Morgan fingerprint density at radius 3 is 2.54 bits per heavy atom. The zero-order chi connectivity index (χ0) is 19.6. The molecule has 1 aromatic rings. The molecule has 0 aliphatic rings. The minimum atomic E-state index is -0.805. The summed E-state index contributed by atoms with van der Waals surface area (Å²) in [6, 6.07) is 7.88. The topological polar surface area (TPSA) is 49.3 Å². The van der Waals surface area contributed by atoms with Crippen molar-refractivity contribution in [3.05, 3.63) is 66.8 Å². The summed E-state index contributed by atoms with van der Waals surface area (Å²) in [4.78, 5) is 12.4. The highest BCUT2D eigenvalue weighted by molar-refractivity contribution is 5.95. The quantitative estimate of drug-likeness (QED) is 0.530. The van der Waals surface area contributed by atoms with E-state index in [1.165, 1.54) is 5.57 Å². The lowest BCUT2D eigenvalue weighted by molar-refractivity contribution is -0.125. The Balaban J connectivity index is 2.93. The molecule has 0 aliphatic heterocycles. The van der Waals surface area contributed by atoms with E-state index in [9.17, 15) is 9.90 Å². The number of aryl methyl sites for hydroxylation is 1. The highest BCUT2D eigenvalue weighted by Gasteiger charge is 2.27. The van der Waals surface area contributed by atoms with Gasteiger partial charge >= 0.3 is 0 Å². The normalized spacial score (nSPS) is 13.2. The van der Waals surface area contributed by atoms with E-state index < -0.39 is 5.41 Å². The summed E-state index contributed by atoms with van der Waals surface area (Å²) in [5.74, 6) is 0.254. The average Bonchev–Trinajstić information content (AvgIpc) is 2.64. The molecule has 0 heterocycles. The van der Waals surface area contributed by atoms with Gasteiger partial charge in [-0.05, 0) is 56.2 Å². The molecule has 0 aromatic heterocycles. The Kier molecular flexibility index (Phi) is 9.08. The maximum atomic E-state index is 12.4. The second-order valence-corrected chi connectivity index (χ2v) is 7.28. The van der Waals surface area contributed by atoms with Crippen LogP contribution in [-0.2, 0) is 11.2 Å². The van der Waals surface area contributed by atoms with Crippen molar-refractivity contribution >= 4 is 11.6 Å². The van der Waals surface area contributed by atoms with E-state index in [0.29, 0.717) is 5.92 Å². The van der Waals surface area contributed by atoms with E-state index in [4.69, 9.17) is 0 Å². The van der Waals surface area contributed by atoms with E-state index in [1.807, 2.05) is 36.4 Å². The maximum absolute atomic E-state index is 12.4. The third-order valence-corrected chi connectivity index (χ3v) is 4.69. The number of carbonyl (C=O) groups is 1. The fraction of sp³-hybridized carbons (Fsp3) is 0.435. The van der Waals surface area contributed by atoms with Crippen LogP contribution in [0.3, 0.4) is 0 Å². The molecule has 26 heavy (non-hydrogen) atoms. The van der Waals surface area contributed by atoms with Gasteiger partial charge < -0.3 is 10.4 Å². The minimum absolute atomic E-state index is 0.170. The molecule has 0 saturated heterocycles. The van der Waals surface area contributed by atoms with Crippen LogP contribution >= 0.6 is 0 Å². The summed E-state index contributed by atoms with van der Waals surface area (Å²) in [6.07, 6.45) is 9.81. The molecule has 1 aromatic carbocycles. The molecule has 3 nitrogen and oxygen atoms in total. The average molecular weight is 356 g/mol. The van der Waals surface area contributed by atoms with Gasteiger partial charge in [0.25, 0.3) is 0 Å². The number of hydrogen-bond donors (Lipinski definition) is 2. The molecule has 2 N–H and O–H groups in total. The van der Waals surface area contributed by atoms with Gasteiger partial charge in [0.2, 0.25) is 5.91 Å². The van der Waals surface area contributed by atoms with Gasteiger partial charge in [-0.2, -0.15) is 0 Å². The third kappa shape index (κ3) is 6.30. The van der Waals surface area contributed by atoms with Crippen molar-refractivity contribution in [2.24, 2.45) is 11.3 Å². The summed E-state index contributed by atoms with van der Waals surface area (Å²) in [6.45, 7) is 13.2. The lowest BCUT2D eigenvalue weighted by atomic mass is 9.87. The molecule has 1 amide bonds. The number of para-hydroxylation sites is 1.